The fourth-order valence-electron chi connectivity index (χ4n) is 3.71. The Labute approximate surface area is 227 Å². The average molecular weight is 495 g/mol. The van der Waals surface area contributed by atoms with E-state index in [2.05, 4.69) is 0 Å². The van der Waals surface area contributed by atoms with Gasteiger partial charge in [0, 0.05) is 47.3 Å². The van der Waals surface area contributed by atoms with Gasteiger partial charge in [0.2, 0.25) is 5.79 Å². The molecule has 0 saturated carbocycles. The molecule has 1 amide bonds. The molecule has 1 saturated heterocycles. The lowest BCUT2D eigenvalue weighted by molar-refractivity contribution is -0.180. The number of benzene rings is 2. The Morgan fingerprint density at radius 2 is 1.97 bits per heavy atom. The lowest BCUT2D eigenvalue weighted by Crippen LogP contribution is -2.35. The summed E-state index contributed by atoms with van der Waals surface area (Å²) in [6.07, 6.45) is -11.5. The largest absolute Gasteiger partial charge is 0.463 e. The van der Waals surface area contributed by atoms with Crippen molar-refractivity contribution in [3.8, 4) is 5.75 Å². The zero-order chi connectivity index (χ0) is 36.1. The number of fused-ring (bicyclic) bond motifs is 1. The number of rotatable bonds is 13. The van der Waals surface area contributed by atoms with Gasteiger partial charge in [-0.05, 0) is 55.2 Å². The first kappa shape index (κ1) is 13.7. The zero-order valence-corrected chi connectivity index (χ0v) is 19.9. The molecule has 0 bridgehead atoms. The number of hydrogen-bond donors (Lipinski definition) is 0. The van der Waals surface area contributed by atoms with Gasteiger partial charge in [0.1, 0.15) is 11.9 Å². The van der Waals surface area contributed by atoms with Crippen molar-refractivity contribution in [1.29, 1.82) is 0 Å². The summed E-state index contributed by atoms with van der Waals surface area (Å²) in [5, 5.41) is 0. The summed E-state index contributed by atoms with van der Waals surface area (Å²) in [4.78, 5) is 14.0. The van der Waals surface area contributed by atoms with Crippen LogP contribution in [0.5, 0.6) is 5.75 Å². The number of carbonyl (C=O) groups excluding carboxylic acids is 1. The summed E-state index contributed by atoms with van der Waals surface area (Å²) in [5.74, 6) is -0.0350. The molecule has 0 spiro atoms. The molecule has 0 aromatic heterocycles. The number of nitrogens with zero attached hydrogens (tertiary/aromatic N) is 1. The van der Waals surface area contributed by atoms with Crippen LogP contribution >= 0.6 is 0 Å². The van der Waals surface area contributed by atoms with Crippen molar-refractivity contribution in [3.05, 3.63) is 65.1 Å². The Kier molecular flexibility index (Phi) is 4.84. The minimum atomic E-state index is -3.82. The topological polar surface area (TPSA) is 57.2 Å². The number of unbranched alkanes of at least 4 members (excludes halogenated alkanes) is 2. The van der Waals surface area contributed by atoms with Crippen LogP contribution in [0.4, 0.5) is 4.79 Å². The third kappa shape index (κ3) is 7.71. The van der Waals surface area contributed by atoms with E-state index in [4.69, 9.17) is 36.8 Å². The van der Waals surface area contributed by atoms with E-state index in [1.165, 1.54) is 4.90 Å². The van der Waals surface area contributed by atoms with Gasteiger partial charge in [-0.2, -0.15) is 0 Å². The molecule has 6 heteroatoms. The monoisotopic (exact) mass is 494 g/mol. The summed E-state index contributed by atoms with van der Waals surface area (Å²) in [7, 11) is 0. The van der Waals surface area contributed by atoms with Crippen LogP contribution in [0.3, 0.4) is 0 Å². The highest BCUT2D eigenvalue weighted by Crippen LogP contribution is 2.35. The van der Waals surface area contributed by atoms with Crippen molar-refractivity contribution in [1.82, 2.24) is 4.90 Å². The van der Waals surface area contributed by atoms with Gasteiger partial charge in [-0.25, -0.2) is 4.79 Å². The van der Waals surface area contributed by atoms with E-state index in [-0.39, 0.29) is 12.5 Å². The first-order valence-corrected chi connectivity index (χ1v) is 11.6. The van der Waals surface area contributed by atoms with E-state index >= 15 is 0 Å². The van der Waals surface area contributed by atoms with Gasteiger partial charge < -0.3 is 23.8 Å². The number of amides is 1. The predicted octanol–water partition coefficient (Wildman–Crippen LogP) is 6.42. The van der Waals surface area contributed by atoms with Crippen LogP contribution in [-0.2, 0) is 27.2 Å². The highest BCUT2D eigenvalue weighted by Gasteiger charge is 2.33. The minimum absolute atomic E-state index is 0.136. The first-order valence-electron chi connectivity index (χ1n) is 18.1. The maximum Gasteiger partial charge on any atom is 0.410 e. The van der Waals surface area contributed by atoms with Crippen LogP contribution in [0.15, 0.2) is 48.5 Å². The van der Waals surface area contributed by atoms with Crippen LogP contribution in [0, 0.1) is 0 Å². The Balaban J connectivity index is 1.30. The summed E-state index contributed by atoms with van der Waals surface area (Å²) in [6.45, 7) is -1.90. The molecule has 1 atom stereocenters. The summed E-state index contributed by atoms with van der Waals surface area (Å²) in [6, 6.07) is 5.45. The van der Waals surface area contributed by atoms with Crippen LogP contribution in [0.25, 0.3) is 0 Å². The molecule has 1 fully saturated rings. The molecule has 2 aromatic carbocycles. The first-order chi connectivity index (χ1) is 21.9. The molecule has 0 N–H and O–H groups in total. The normalized spacial score (nSPS) is 26.2. The Bertz CT molecular complexity index is 1500. The molecule has 0 aliphatic carbocycles. The molecule has 2 aliphatic heterocycles. The van der Waals surface area contributed by atoms with E-state index in [0.717, 1.165) is 23.3 Å². The Morgan fingerprint density at radius 3 is 2.83 bits per heavy atom. The van der Waals surface area contributed by atoms with E-state index in [9.17, 15) is 4.79 Å². The fourth-order valence-corrected chi connectivity index (χ4v) is 3.71. The number of cyclic esters (lactones) is 1. The summed E-state index contributed by atoms with van der Waals surface area (Å²) >= 11 is 0. The zero-order valence-electron chi connectivity index (χ0n) is 32.9. The van der Waals surface area contributed by atoms with Crippen molar-refractivity contribution in [2.75, 3.05) is 26.2 Å². The highest BCUT2D eigenvalue weighted by atomic mass is 16.7. The summed E-state index contributed by atoms with van der Waals surface area (Å²) < 4.78 is 128. The van der Waals surface area contributed by atoms with E-state index < -0.39 is 74.3 Å². The molecule has 2 heterocycles. The van der Waals surface area contributed by atoms with Crippen LogP contribution in [0.1, 0.15) is 92.9 Å². The molecule has 35 heavy (non-hydrogen) atoms. The average Bonchev–Trinajstić information content (AvgIpc) is 3.30. The fraction of sp³-hybridized carbons (Fsp3) is 0.552. The number of carbonyl (C=O) groups is 1. The third-order valence-corrected chi connectivity index (χ3v) is 5.51. The van der Waals surface area contributed by atoms with Crippen molar-refractivity contribution >= 4 is 6.09 Å². The lowest BCUT2D eigenvalue weighted by atomic mass is 10.0. The molecule has 1 unspecified atom stereocenters. The standard InChI is InChI=1S/C29H39NO5/c1-29(2)33-22-25-20-24(15-16-26(25)35-29)27-21-30(28(31)34-27)17-9-3-4-10-18-32-19-11-8-14-23-12-6-5-7-13-23/h5-7,12-13,15-16,20,27H,3-4,8-11,14,17-19,21-22H2,1-2H3/i5D,8D2,11D2,12D,13D,14D2,18D2,19D2. The lowest BCUT2D eigenvalue weighted by Gasteiger charge is -2.32. The van der Waals surface area contributed by atoms with Gasteiger partial charge >= 0.3 is 6.09 Å². The van der Waals surface area contributed by atoms with Crippen molar-refractivity contribution in [3.63, 3.8) is 0 Å². The van der Waals surface area contributed by atoms with Crippen molar-refractivity contribution in [2.24, 2.45) is 0 Å². The molecule has 6 nitrogen and oxygen atoms in total. The smallest absolute Gasteiger partial charge is 0.410 e. The minimum Gasteiger partial charge on any atom is -0.463 e. The molecule has 0 radical (unpaired) electrons. The predicted molar refractivity (Wildman–Crippen MR) is 135 cm³/mol. The van der Waals surface area contributed by atoms with Crippen molar-refractivity contribution < 1.29 is 41.6 Å². The summed E-state index contributed by atoms with van der Waals surface area (Å²) in [5.41, 5.74) is 0.753. The second kappa shape index (κ2) is 12.4. The van der Waals surface area contributed by atoms with Gasteiger partial charge in [0.05, 0.1) is 22.7 Å². The Morgan fingerprint density at radius 1 is 1.14 bits per heavy atom. The van der Waals surface area contributed by atoms with E-state index in [0.29, 0.717) is 38.3 Å². The van der Waals surface area contributed by atoms with Crippen LogP contribution in [0.2, 0.25) is 0 Å². The molecule has 2 aliphatic rings. The van der Waals surface area contributed by atoms with Gasteiger partial charge in [-0.3, -0.25) is 0 Å². The number of hydrogen-bond acceptors (Lipinski definition) is 5. The second-order valence-electron chi connectivity index (χ2n) is 8.63. The van der Waals surface area contributed by atoms with E-state index in [1.54, 1.807) is 0 Å². The quantitative estimate of drug-likeness (QED) is 0.301. The van der Waals surface area contributed by atoms with E-state index in [1.807, 2.05) is 32.0 Å². The van der Waals surface area contributed by atoms with Gasteiger partial charge in [-0.1, -0.05) is 49.2 Å². The van der Waals surface area contributed by atoms with Gasteiger partial charge in [0.15, 0.2) is 0 Å². The molecule has 2 aromatic rings. The highest BCUT2D eigenvalue weighted by molar-refractivity contribution is 5.70. The van der Waals surface area contributed by atoms with Gasteiger partial charge in [0.25, 0.3) is 0 Å². The van der Waals surface area contributed by atoms with Crippen LogP contribution < -0.4 is 4.74 Å². The molecule has 190 valence electrons. The van der Waals surface area contributed by atoms with Crippen molar-refractivity contribution in [2.45, 2.75) is 77.1 Å². The second-order valence-corrected chi connectivity index (χ2v) is 8.63. The maximum absolute atomic E-state index is 12.5. The maximum atomic E-state index is 12.5. The molecular weight excluding hydrogens is 442 g/mol. The number of ether oxygens (including phenoxy) is 4. The molecule has 4 rings (SSSR count). The SMILES string of the molecule is [2H]c1cc([2H])c(C([2H])([2H])C([2H])([2H])C([2H])([2H])C([2H])([2H])OC([2H])([2H])CCCCCN2CC(c3ccc4c(c3)COC(C)(C)O4)OC2=O)c([2H])c1. The third-order valence-electron chi connectivity index (χ3n) is 5.51. The van der Waals surface area contributed by atoms with Gasteiger partial charge in [-0.15, -0.1) is 0 Å². The Hall–Kier alpha value is -2.57. The molecular formula is C29H39NO5. The van der Waals surface area contributed by atoms with Crippen LogP contribution in [-0.4, -0.2) is 43.0 Å².